The summed E-state index contributed by atoms with van der Waals surface area (Å²) in [4.78, 5) is 15.7. The molecular weight excluding hydrogens is 307 g/mol. The molecule has 0 spiro atoms. The molecule has 116 valence electrons. The number of carbonyl (C=O) groups is 1. The molecule has 0 saturated heterocycles. The number of benzene rings is 2. The Morgan fingerprint density at radius 3 is 2.30 bits per heavy atom. The third-order valence-electron chi connectivity index (χ3n) is 3.44. The van der Waals surface area contributed by atoms with E-state index in [2.05, 4.69) is 4.98 Å². The molecule has 23 heavy (non-hydrogen) atoms. The first kappa shape index (κ1) is 15.0. The van der Waals surface area contributed by atoms with Gasteiger partial charge in [-0.15, -0.1) is 0 Å². The van der Waals surface area contributed by atoms with Crippen LogP contribution in [0.15, 0.2) is 54.6 Å². The molecule has 3 nitrogen and oxygen atoms in total. The van der Waals surface area contributed by atoms with Crippen molar-refractivity contribution in [1.82, 2.24) is 4.98 Å². The number of halogens is 3. The minimum atomic E-state index is -4.54. The highest BCUT2D eigenvalue weighted by Gasteiger charge is 2.31. The van der Waals surface area contributed by atoms with Gasteiger partial charge in [-0.25, -0.2) is 9.78 Å². The van der Waals surface area contributed by atoms with Crippen molar-refractivity contribution in [3.8, 4) is 11.3 Å². The number of rotatable bonds is 2. The maximum atomic E-state index is 12.8. The van der Waals surface area contributed by atoms with Crippen LogP contribution in [0.1, 0.15) is 15.9 Å². The van der Waals surface area contributed by atoms with E-state index >= 15 is 0 Å². The molecule has 3 aromatic rings. The van der Waals surface area contributed by atoms with Gasteiger partial charge in [-0.3, -0.25) is 0 Å². The van der Waals surface area contributed by atoms with Gasteiger partial charge in [0, 0.05) is 10.9 Å². The van der Waals surface area contributed by atoms with Crippen LogP contribution < -0.4 is 0 Å². The molecule has 0 atom stereocenters. The lowest BCUT2D eigenvalue weighted by Crippen LogP contribution is -2.06. The van der Waals surface area contributed by atoms with Crippen LogP contribution in [-0.4, -0.2) is 16.1 Å². The number of hydrogen-bond acceptors (Lipinski definition) is 2. The van der Waals surface area contributed by atoms with Gasteiger partial charge in [-0.05, 0) is 24.3 Å². The average Bonchev–Trinajstić information content (AvgIpc) is 2.53. The predicted octanol–water partition coefficient (Wildman–Crippen LogP) is 4.62. The van der Waals surface area contributed by atoms with Crippen molar-refractivity contribution < 1.29 is 23.1 Å². The Morgan fingerprint density at radius 2 is 1.70 bits per heavy atom. The van der Waals surface area contributed by atoms with Gasteiger partial charge in [-0.1, -0.05) is 30.3 Å². The number of pyridine rings is 1. The molecule has 6 heteroatoms. The monoisotopic (exact) mass is 317 g/mol. The van der Waals surface area contributed by atoms with Crippen molar-refractivity contribution in [3.63, 3.8) is 0 Å². The topological polar surface area (TPSA) is 50.2 Å². The van der Waals surface area contributed by atoms with Crippen LogP contribution in [0, 0.1) is 0 Å². The SMILES string of the molecule is O=C(O)c1cc(-c2ccccc2)nc2ccc(C(F)(F)F)cc12. The number of aromatic carboxylic acids is 1. The molecule has 0 bridgehead atoms. The Labute approximate surface area is 129 Å². The molecule has 1 N–H and O–H groups in total. The number of nitrogens with zero attached hydrogens (tertiary/aromatic N) is 1. The Bertz CT molecular complexity index is 889. The van der Waals surface area contributed by atoms with Crippen molar-refractivity contribution in [2.24, 2.45) is 0 Å². The predicted molar refractivity (Wildman–Crippen MR) is 79.1 cm³/mol. The lowest BCUT2D eigenvalue weighted by atomic mass is 10.0. The first-order valence-corrected chi connectivity index (χ1v) is 6.67. The van der Waals surface area contributed by atoms with E-state index in [4.69, 9.17) is 0 Å². The summed E-state index contributed by atoms with van der Waals surface area (Å²) in [6.45, 7) is 0. The minimum Gasteiger partial charge on any atom is -0.478 e. The summed E-state index contributed by atoms with van der Waals surface area (Å²) in [7, 11) is 0. The van der Waals surface area contributed by atoms with Gasteiger partial charge in [0.05, 0.1) is 22.3 Å². The third-order valence-corrected chi connectivity index (χ3v) is 3.44. The Balaban J connectivity index is 2.28. The maximum absolute atomic E-state index is 12.8. The van der Waals surface area contributed by atoms with E-state index < -0.39 is 17.7 Å². The number of hydrogen-bond donors (Lipinski definition) is 1. The van der Waals surface area contributed by atoms with E-state index in [1.54, 1.807) is 30.3 Å². The standard InChI is InChI=1S/C17H10F3NO2/c18-17(19,20)11-6-7-14-12(8-11)13(16(22)23)9-15(21-14)10-4-2-1-3-5-10/h1-9H,(H,22,23). The average molecular weight is 317 g/mol. The molecule has 0 aliphatic rings. The van der Waals surface area contributed by atoms with Gasteiger partial charge in [0.15, 0.2) is 0 Å². The second-order valence-corrected chi connectivity index (χ2v) is 4.96. The zero-order valence-corrected chi connectivity index (χ0v) is 11.6. The highest BCUT2D eigenvalue weighted by molar-refractivity contribution is 6.04. The number of aromatic nitrogens is 1. The summed E-state index contributed by atoms with van der Waals surface area (Å²) < 4.78 is 38.5. The van der Waals surface area contributed by atoms with Crippen molar-refractivity contribution in [2.45, 2.75) is 6.18 Å². The van der Waals surface area contributed by atoms with Crippen molar-refractivity contribution in [1.29, 1.82) is 0 Å². The van der Waals surface area contributed by atoms with Crippen LogP contribution in [0.5, 0.6) is 0 Å². The maximum Gasteiger partial charge on any atom is 0.416 e. The fourth-order valence-electron chi connectivity index (χ4n) is 2.34. The molecule has 1 aromatic heterocycles. The second kappa shape index (κ2) is 5.39. The van der Waals surface area contributed by atoms with Crippen LogP contribution in [0.4, 0.5) is 13.2 Å². The van der Waals surface area contributed by atoms with E-state index in [1.807, 2.05) is 0 Å². The minimum absolute atomic E-state index is 0.0352. The van der Waals surface area contributed by atoms with E-state index in [0.717, 1.165) is 12.1 Å². The quantitative estimate of drug-likeness (QED) is 0.750. The van der Waals surface area contributed by atoms with Crippen molar-refractivity contribution >= 4 is 16.9 Å². The molecule has 0 aliphatic carbocycles. The molecule has 1 heterocycles. The van der Waals surface area contributed by atoms with Crippen LogP contribution >= 0.6 is 0 Å². The van der Waals surface area contributed by atoms with Gasteiger partial charge in [0.1, 0.15) is 0 Å². The molecule has 0 fully saturated rings. The van der Waals surface area contributed by atoms with Crippen molar-refractivity contribution in [3.05, 3.63) is 65.7 Å². The summed E-state index contributed by atoms with van der Waals surface area (Å²) in [5.74, 6) is -1.30. The highest BCUT2D eigenvalue weighted by Crippen LogP contribution is 2.33. The zero-order chi connectivity index (χ0) is 16.6. The molecule has 0 amide bonds. The third kappa shape index (κ3) is 2.88. The van der Waals surface area contributed by atoms with Gasteiger partial charge in [0.2, 0.25) is 0 Å². The lowest BCUT2D eigenvalue weighted by molar-refractivity contribution is -0.137. The molecular formula is C17H10F3NO2. The first-order valence-electron chi connectivity index (χ1n) is 6.67. The smallest absolute Gasteiger partial charge is 0.416 e. The van der Waals surface area contributed by atoms with Gasteiger partial charge < -0.3 is 5.11 Å². The largest absolute Gasteiger partial charge is 0.478 e. The Hall–Kier alpha value is -2.89. The van der Waals surface area contributed by atoms with Crippen LogP contribution in [0.2, 0.25) is 0 Å². The zero-order valence-electron chi connectivity index (χ0n) is 11.6. The van der Waals surface area contributed by atoms with E-state index in [9.17, 15) is 23.1 Å². The van der Waals surface area contributed by atoms with E-state index in [-0.39, 0.29) is 16.5 Å². The summed E-state index contributed by atoms with van der Waals surface area (Å²) in [6.07, 6.45) is -4.54. The second-order valence-electron chi connectivity index (χ2n) is 4.96. The number of fused-ring (bicyclic) bond motifs is 1. The van der Waals surface area contributed by atoms with Gasteiger partial charge in [-0.2, -0.15) is 13.2 Å². The number of alkyl halides is 3. The normalized spacial score (nSPS) is 11.6. The highest BCUT2D eigenvalue weighted by atomic mass is 19.4. The molecule has 2 aromatic carbocycles. The fourth-order valence-corrected chi connectivity index (χ4v) is 2.34. The Kier molecular flexibility index (Phi) is 3.52. The van der Waals surface area contributed by atoms with Crippen LogP contribution in [0.25, 0.3) is 22.2 Å². The Morgan fingerprint density at radius 1 is 1.00 bits per heavy atom. The van der Waals surface area contributed by atoms with Gasteiger partial charge >= 0.3 is 12.1 Å². The molecule has 0 aliphatic heterocycles. The van der Waals surface area contributed by atoms with E-state index in [0.29, 0.717) is 11.3 Å². The summed E-state index contributed by atoms with van der Waals surface area (Å²) in [5.41, 5.74) is 0.186. The number of carboxylic acids is 1. The van der Waals surface area contributed by atoms with Crippen LogP contribution in [0.3, 0.4) is 0 Å². The molecule has 3 rings (SSSR count). The molecule has 0 saturated carbocycles. The first-order chi connectivity index (χ1) is 10.9. The summed E-state index contributed by atoms with van der Waals surface area (Å²) >= 11 is 0. The summed E-state index contributed by atoms with van der Waals surface area (Å²) in [5, 5.41) is 9.30. The lowest BCUT2D eigenvalue weighted by Gasteiger charge is -2.11. The molecule has 0 radical (unpaired) electrons. The fraction of sp³-hybridized carbons (Fsp3) is 0.0588. The molecule has 0 unspecified atom stereocenters. The van der Waals surface area contributed by atoms with Crippen molar-refractivity contribution in [2.75, 3.05) is 0 Å². The summed E-state index contributed by atoms with van der Waals surface area (Å²) in [6, 6.07) is 13.1. The number of carboxylic acid groups (broad SMARTS) is 1. The van der Waals surface area contributed by atoms with E-state index in [1.165, 1.54) is 12.1 Å². The van der Waals surface area contributed by atoms with Crippen LogP contribution in [-0.2, 0) is 6.18 Å². The van der Waals surface area contributed by atoms with Gasteiger partial charge in [0.25, 0.3) is 0 Å².